The maximum Gasteiger partial charge on any atom is 0.292 e. The van der Waals surface area contributed by atoms with E-state index in [9.17, 15) is 10.1 Å². The third-order valence-corrected chi connectivity index (χ3v) is 4.05. The summed E-state index contributed by atoms with van der Waals surface area (Å²) >= 11 is 0. The Morgan fingerprint density at radius 1 is 1.45 bits per heavy atom. The fourth-order valence-electron chi connectivity index (χ4n) is 3.01. The molecule has 2 N–H and O–H groups in total. The predicted octanol–water partition coefficient (Wildman–Crippen LogP) is 3.33. The molecule has 1 unspecified atom stereocenters. The van der Waals surface area contributed by atoms with Crippen LogP contribution in [0, 0.1) is 10.1 Å². The van der Waals surface area contributed by atoms with E-state index in [4.69, 9.17) is 5.73 Å². The molecule has 5 heteroatoms. The van der Waals surface area contributed by atoms with Crippen LogP contribution in [0.2, 0.25) is 0 Å². The summed E-state index contributed by atoms with van der Waals surface area (Å²) in [5.74, 6) is 0. The summed E-state index contributed by atoms with van der Waals surface area (Å²) < 4.78 is 0. The van der Waals surface area contributed by atoms with Crippen LogP contribution in [0.3, 0.4) is 0 Å². The fraction of sp³-hybridized carbons (Fsp3) is 0.600. The summed E-state index contributed by atoms with van der Waals surface area (Å²) in [5, 5.41) is 10.9. The molecule has 20 heavy (non-hydrogen) atoms. The number of rotatable bonds is 5. The van der Waals surface area contributed by atoms with Crippen molar-refractivity contribution in [2.45, 2.75) is 51.6 Å². The molecule has 0 amide bonds. The summed E-state index contributed by atoms with van der Waals surface area (Å²) in [7, 11) is 0. The molecular weight excluding hydrogens is 254 g/mol. The van der Waals surface area contributed by atoms with E-state index >= 15 is 0 Å². The first-order chi connectivity index (χ1) is 9.61. The third-order valence-electron chi connectivity index (χ3n) is 4.05. The number of hydrogen-bond donors (Lipinski definition) is 1. The van der Waals surface area contributed by atoms with Gasteiger partial charge in [-0.25, -0.2) is 0 Å². The lowest BCUT2D eigenvalue weighted by molar-refractivity contribution is -0.384. The van der Waals surface area contributed by atoms with Crippen molar-refractivity contribution >= 4 is 11.4 Å². The zero-order chi connectivity index (χ0) is 14.5. The van der Waals surface area contributed by atoms with Gasteiger partial charge in [-0.1, -0.05) is 25.8 Å². The van der Waals surface area contributed by atoms with Crippen LogP contribution in [0.4, 0.5) is 11.4 Å². The van der Waals surface area contributed by atoms with Crippen molar-refractivity contribution in [1.82, 2.24) is 4.90 Å². The van der Waals surface area contributed by atoms with Crippen molar-refractivity contribution in [3.8, 4) is 0 Å². The third kappa shape index (κ3) is 3.48. The van der Waals surface area contributed by atoms with Crippen molar-refractivity contribution in [3.05, 3.63) is 33.9 Å². The van der Waals surface area contributed by atoms with Gasteiger partial charge in [0.05, 0.1) is 4.92 Å². The summed E-state index contributed by atoms with van der Waals surface area (Å²) in [6.45, 7) is 4.08. The quantitative estimate of drug-likeness (QED) is 0.509. The molecular formula is C15H23N3O2. The normalized spacial score (nSPS) is 19.9. The second kappa shape index (κ2) is 6.70. The highest BCUT2D eigenvalue weighted by Crippen LogP contribution is 2.26. The van der Waals surface area contributed by atoms with Crippen LogP contribution in [-0.4, -0.2) is 22.4 Å². The predicted molar refractivity (Wildman–Crippen MR) is 80.5 cm³/mol. The van der Waals surface area contributed by atoms with Gasteiger partial charge < -0.3 is 5.73 Å². The van der Waals surface area contributed by atoms with Gasteiger partial charge in [-0.3, -0.25) is 15.0 Å². The van der Waals surface area contributed by atoms with Gasteiger partial charge in [-0.15, -0.1) is 0 Å². The lowest BCUT2D eigenvalue weighted by atomic mass is 9.97. The standard InChI is InChI=1S/C15H23N3O2/c1-2-5-13-6-3-4-9-17(13)11-12-7-8-14(16)15(10-12)18(19)20/h7-8,10,13H,2-6,9,11,16H2,1H3. The van der Waals surface area contributed by atoms with Crippen molar-refractivity contribution in [1.29, 1.82) is 0 Å². The fourth-order valence-corrected chi connectivity index (χ4v) is 3.01. The molecule has 1 saturated heterocycles. The first-order valence-electron chi connectivity index (χ1n) is 7.38. The molecule has 0 bridgehead atoms. The van der Waals surface area contributed by atoms with Gasteiger partial charge in [0.1, 0.15) is 5.69 Å². The van der Waals surface area contributed by atoms with E-state index in [1.807, 2.05) is 6.07 Å². The molecule has 1 atom stereocenters. The number of nitrogens with two attached hydrogens (primary N) is 1. The van der Waals surface area contributed by atoms with Gasteiger partial charge in [0.15, 0.2) is 0 Å². The molecule has 1 aliphatic rings. The molecule has 1 aromatic rings. The summed E-state index contributed by atoms with van der Waals surface area (Å²) in [6.07, 6.45) is 6.14. The van der Waals surface area contributed by atoms with Crippen LogP contribution >= 0.6 is 0 Å². The van der Waals surface area contributed by atoms with Crippen LogP contribution < -0.4 is 5.73 Å². The lowest BCUT2D eigenvalue weighted by Crippen LogP contribution is -2.38. The Morgan fingerprint density at radius 2 is 2.25 bits per heavy atom. The number of nitro groups is 1. The second-order valence-corrected chi connectivity index (χ2v) is 5.56. The summed E-state index contributed by atoms with van der Waals surface area (Å²) in [6, 6.07) is 5.78. The minimum absolute atomic E-state index is 0.0200. The smallest absolute Gasteiger partial charge is 0.292 e. The average Bonchev–Trinajstić information content (AvgIpc) is 2.43. The van der Waals surface area contributed by atoms with Crippen LogP contribution in [0.5, 0.6) is 0 Å². The Labute approximate surface area is 119 Å². The highest BCUT2D eigenvalue weighted by atomic mass is 16.6. The first-order valence-corrected chi connectivity index (χ1v) is 7.38. The molecule has 0 saturated carbocycles. The molecule has 0 aliphatic carbocycles. The highest BCUT2D eigenvalue weighted by molar-refractivity contribution is 5.59. The highest BCUT2D eigenvalue weighted by Gasteiger charge is 2.22. The van der Waals surface area contributed by atoms with Crippen molar-refractivity contribution in [3.63, 3.8) is 0 Å². The molecule has 1 aliphatic heterocycles. The molecule has 2 rings (SSSR count). The maximum atomic E-state index is 10.9. The molecule has 1 heterocycles. The molecule has 5 nitrogen and oxygen atoms in total. The monoisotopic (exact) mass is 277 g/mol. The average molecular weight is 277 g/mol. The van der Waals surface area contributed by atoms with E-state index in [-0.39, 0.29) is 11.4 Å². The number of anilines is 1. The lowest BCUT2D eigenvalue weighted by Gasteiger charge is -2.35. The number of nitrogen functional groups attached to an aromatic ring is 1. The minimum Gasteiger partial charge on any atom is -0.393 e. The van der Waals surface area contributed by atoms with E-state index in [1.54, 1.807) is 12.1 Å². The molecule has 1 fully saturated rings. The maximum absolute atomic E-state index is 10.9. The van der Waals surface area contributed by atoms with Gasteiger partial charge in [0, 0.05) is 18.7 Å². The zero-order valence-corrected chi connectivity index (χ0v) is 12.0. The van der Waals surface area contributed by atoms with E-state index in [2.05, 4.69) is 11.8 Å². The van der Waals surface area contributed by atoms with Crippen LogP contribution in [0.15, 0.2) is 18.2 Å². The Morgan fingerprint density at radius 3 is 2.95 bits per heavy atom. The van der Waals surface area contributed by atoms with Crippen LogP contribution in [0.1, 0.15) is 44.6 Å². The van der Waals surface area contributed by atoms with E-state index in [0.717, 1.165) is 18.7 Å². The topological polar surface area (TPSA) is 72.4 Å². The van der Waals surface area contributed by atoms with E-state index in [0.29, 0.717) is 6.04 Å². The molecule has 110 valence electrons. The number of nitro benzene ring substituents is 1. The Kier molecular flexibility index (Phi) is 4.95. The van der Waals surface area contributed by atoms with Crippen molar-refractivity contribution in [2.75, 3.05) is 12.3 Å². The zero-order valence-electron chi connectivity index (χ0n) is 12.0. The number of piperidine rings is 1. The minimum atomic E-state index is -0.404. The number of hydrogen-bond acceptors (Lipinski definition) is 4. The Balaban J connectivity index is 2.11. The van der Waals surface area contributed by atoms with Gasteiger partial charge in [0.25, 0.3) is 5.69 Å². The molecule has 0 radical (unpaired) electrons. The first kappa shape index (κ1) is 14.8. The summed E-state index contributed by atoms with van der Waals surface area (Å²) in [4.78, 5) is 13.0. The van der Waals surface area contributed by atoms with Gasteiger partial charge in [0.2, 0.25) is 0 Å². The number of benzene rings is 1. The molecule has 0 aromatic heterocycles. The van der Waals surface area contributed by atoms with E-state index in [1.165, 1.54) is 32.1 Å². The van der Waals surface area contributed by atoms with Crippen LogP contribution in [-0.2, 0) is 6.54 Å². The van der Waals surface area contributed by atoms with Gasteiger partial charge in [-0.05, 0) is 37.4 Å². The SMILES string of the molecule is CCCC1CCCCN1Cc1ccc(N)c([N+](=O)[O-])c1. The van der Waals surface area contributed by atoms with Gasteiger partial charge >= 0.3 is 0 Å². The largest absolute Gasteiger partial charge is 0.393 e. The Bertz CT molecular complexity index is 474. The summed E-state index contributed by atoms with van der Waals surface area (Å²) in [5.41, 5.74) is 6.88. The second-order valence-electron chi connectivity index (χ2n) is 5.56. The van der Waals surface area contributed by atoms with Gasteiger partial charge in [-0.2, -0.15) is 0 Å². The van der Waals surface area contributed by atoms with Crippen molar-refractivity contribution < 1.29 is 4.92 Å². The molecule has 1 aromatic carbocycles. The van der Waals surface area contributed by atoms with Crippen LogP contribution in [0.25, 0.3) is 0 Å². The number of likely N-dealkylation sites (tertiary alicyclic amines) is 1. The Hall–Kier alpha value is -1.62. The number of nitrogens with zero attached hydrogens (tertiary/aromatic N) is 2. The van der Waals surface area contributed by atoms with Crippen molar-refractivity contribution in [2.24, 2.45) is 0 Å². The van der Waals surface area contributed by atoms with E-state index < -0.39 is 4.92 Å². The molecule has 0 spiro atoms.